The highest BCUT2D eigenvalue weighted by atomic mass is 31.2. The summed E-state index contributed by atoms with van der Waals surface area (Å²) in [5.41, 5.74) is 0. The second-order valence-corrected chi connectivity index (χ2v) is 23.4. The van der Waals surface area contributed by atoms with E-state index < -0.39 is 32.5 Å². The Hall–Kier alpha value is -3.85. The number of phosphoric acid groups is 1. The highest BCUT2D eigenvalue weighted by Gasteiger charge is 2.22. The molecule has 0 rings (SSSR count). The van der Waals surface area contributed by atoms with Gasteiger partial charge in [-0.3, -0.25) is 14.2 Å². The van der Waals surface area contributed by atoms with E-state index in [1.165, 1.54) is 89.9 Å². The van der Waals surface area contributed by atoms with Gasteiger partial charge in [-0.1, -0.05) is 250 Å². The van der Waals surface area contributed by atoms with Gasteiger partial charge in [-0.2, -0.15) is 0 Å². The normalized spacial score (nSPS) is 14.1. The molecule has 0 aliphatic rings. The number of rotatable bonds is 57. The van der Waals surface area contributed by atoms with Crippen LogP contribution in [0.15, 0.2) is 134 Å². The first kappa shape index (κ1) is 76.1. The minimum absolute atomic E-state index is 0.0390. The number of quaternary nitrogens is 1. The van der Waals surface area contributed by atoms with Crippen LogP contribution in [0.25, 0.3) is 0 Å². The van der Waals surface area contributed by atoms with Crippen LogP contribution in [0.4, 0.5) is 0 Å². The maximum Gasteiger partial charge on any atom is 0.306 e. The van der Waals surface area contributed by atoms with E-state index in [-0.39, 0.29) is 26.1 Å². The van der Waals surface area contributed by atoms with Crippen molar-refractivity contribution in [3.8, 4) is 0 Å². The van der Waals surface area contributed by atoms with Crippen LogP contribution in [0.2, 0.25) is 0 Å². The lowest BCUT2D eigenvalue weighted by molar-refractivity contribution is -0.870. The Morgan fingerprint density at radius 1 is 0.400 bits per heavy atom. The molecule has 0 saturated carbocycles. The largest absolute Gasteiger partial charge is 0.756 e. The SMILES string of the molecule is CC/C=C\C/C=C\C/C=C\C/C=C\C/C=C\C/C=C\C/C=C\C/C=C\C/C=C\CCCCCCCCCCCC(=O)OC(COC(=O)CCCCCCCCCCC/C=C\C/C=C\CCCCC)COP(=O)([O-])OCC[N+](C)(C)C. The van der Waals surface area contributed by atoms with Crippen molar-refractivity contribution in [3.05, 3.63) is 134 Å². The monoisotopic (exact) mass is 1130 g/mol. The van der Waals surface area contributed by atoms with Gasteiger partial charge in [-0.25, -0.2) is 0 Å². The van der Waals surface area contributed by atoms with Crippen molar-refractivity contribution in [2.45, 2.75) is 251 Å². The molecule has 0 fully saturated rings. The predicted octanol–water partition coefficient (Wildman–Crippen LogP) is 19.9. The highest BCUT2D eigenvalue weighted by molar-refractivity contribution is 7.45. The van der Waals surface area contributed by atoms with Crippen molar-refractivity contribution in [1.82, 2.24) is 0 Å². The lowest BCUT2D eigenvalue weighted by Gasteiger charge is -2.28. The Balaban J connectivity index is 4.14. The lowest BCUT2D eigenvalue weighted by atomic mass is 10.1. The van der Waals surface area contributed by atoms with E-state index in [1.54, 1.807) is 0 Å². The number of carbonyl (C=O) groups excluding carboxylic acids is 2. The van der Waals surface area contributed by atoms with Crippen molar-refractivity contribution in [1.29, 1.82) is 0 Å². The molecule has 2 atom stereocenters. The molecule has 0 saturated heterocycles. The molecular formula is C70H118NO8P. The third-order valence-corrected chi connectivity index (χ3v) is 14.1. The van der Waals surface area contributed by atoms with E-state index in [0.717, 1.165) is 122 Å². The van der Waals surface area contributed by atoms with Crippen LogP contribution in [0.3, 0.4) is 0 Å². The van der Waals surface area contributed by atoms with Gasteiger partial charge in [0.2, 0.25) is 0 Å². The zero-order valence-electron chi connectivity index (χ0n) is 51.7. The van der Waals surface area contributed by atoms with E-state index >= 15 is 0 Å². The summed E-state index contributed by atoms with van der Waals surface area (Å²) in [6.45, 7) is 4.08. The molecule has 9 nitrogen and oxygen atoms in total. The van der Waals surface area contributed by atoms with Gasteiger partial charge in [0, 0.05) is 12.8 Å². The number of hydrogen-bond donors (Lipinski definition) is 0. The molecule has 0 aliphatic carbocycles. The van der Waals surface area contributed by atoms with Crippen LogP contribution in [0.1, 0.15) is 245 Å². The van der Waals surface area contributed by atoms with Crippen LogP contribution in [0, 0.1) is 0 Å². The summed E-state index contributed by atoms with van der Waals surface area (Å²) in [6, 6.07) is 0. The summed E-state index contributed by atoms with van der Waals surface area (Å²) in [5.74, 6) is -0.850. The maximum absolute atomic E-state index is 12.8. The Morgan fingerprint density at radius 3 is 1.06 bits per heavy atom. The number of carbonyl (C=O) groups is 2. The predicted molar refractivity (Wildman–Crippen MR) is 341 cm³/mol. The van der Waals surface area contributed by atoms with Crippen LogP contribution in [0.5, 0.6) is 0 Å². The Kier molecular flexibility index (Phi) is 56.9. The summed E-state index contributed by atoms with van der Waals surface area (Å²) in [5, 5.41) is 0. The van der Waals surface area contributed by atoms with Crippen LogP contribution in [-0.2, 0) is 32.7 Å². The molecule has 0 heterocycles. The molecule has 0 aromatic carbocycles. The number of ether oxygens (including phenoxy) is 2. The summed E-state index contributed by atoms with van der Waals surface area (Å²) in [4.78, 5) is 37.9. The third-order valence-electron chi connectivity index (χ3n) is 13.2. The van der Waals surface area contributed by atoms with Crippen molar-refractivity contribution in [2.75, 3.05) is 47.5 Å². The summed E-state index contributed by atoms with van der Waals surface area (Å²) in [7, 11) is 1.14. The van der Waals surface area contributed by atoms with Crippen LogP contribution < -0.4 is 4.89 Å². The first-order chi connectivity index (χ1) is 39.0. The smallest absolute Gasteiger partial charge is 0.306 e. The van der Waals surface area contributed by atoms with E-state index in [1.807, 2.05) is 21.1 Å². The average Bonchev–Trinajstić information content (AvgIpc) is 3.42. The first-order valence-corrected chi connectivity index (χ1v) is 33.4. The van der Waals surface area contributed by atoms with Crippen LogP contribution >= 0.6 is 7.82 Å². The highest BCUT2D eigenvalue weighted by Crippen LogP contribution is 2.38. The Bertz CT molecular complexity index is 1810. The van der Waals surface area contributed by atoms with Crippen molar-refractivity contribution >= 4 is 19.8 Å². The minimum Gasteiger partial charge on any atom is -0.756 e. The van der Waals surface area contributed by atoms with Gasteiger partial charge in [-0.05, 0) is 116 Å². The van der Waals surface area contributed by atoms with Crippen LogP contribution in [-0.4, -0.2) is 70.0 Å². The van der Waals surface area contributed by atoms with E-state index in [2.05, 4.69) is 148 Å². The summed E-state index contributed by atoms with van der Waals surface area (Å²) >= 11 is 0. The van der Waals surface area contributed by atoms with Crippen molar-refractivity contribution in [3.63, 3.8) is 0 Å². The zero-order valence-corrected chi connectivity index (χ0v) is 52.6. The van der Waals surface area contributed by atoms with Gasteiger partial charge in [-0.15, -0.1) is 0 Å². The third kappa shape index (κ3) is 63.3. The molecule has 80 heavy (non-hydrogen) atoms. The van der Waals surface area contributed by atoms with E-state index in [4.69, 9.17) is 18.5 Å². The number of likely N-dealkylation sites (N-methyl/N-ethyl adjacent to an activating group) is 1. The fourth-order valence-corrected chi connectivity index (χ4v) is 9.00. The quantitative estimate of drug-likeness (QED) is 0.0195. The molecule has 0 bridgehead atoms. The van der Waals surface area contributed by atoms with Gasteiger partial charge in [0.15, 0.2) is 6.10 Å². The molecule has 0 aromatic rings. The molecule has 0 amide bonds. The second-order valence-electron chi connectivity index (χ2n) is 22.0. The first-order valence-electron chi connectivity index (χ1n) is 31.9. The topological polar surface area (TPSA) is 111 Å². The number of nitrogens with zero attached hydrogens (tertiary/aromatic N) is 1. The Morgan fingerprint density at radius 2 is 0.713 bits per heavy atom. The maximum atomic E-state index is 12.8. The molecule has 0 aromatic heterocycles. The van der Waals surface area contributed by atoms with E-state index in [9.17, 15) is 19.0 Å². The molecule has 10 heteroatoms. The fraction of sp³-hybridized carbons (Fsp3) is 0.657. The van der Waals surface area contributed by atoms with E-state index in [0.29, 0.717) is 17.4 Å². The van der Waals surface area contributed by atoms with Crippen molar-refractivity contribution in [2.24, 2.45) is 0 Å². The fourth-order valence-electron chi connectivity index (χ4n) is 8.27. The lowest BCUT2D eigenvalue weighted by Crippen LogP contribution is -2.37. The average molecular weight is 1130 g/mol. The van der Waals surface area contributed by atoms with Gasteiger partial charge >= 0.3 is 11.9 Å². The molecule has 0 spiro atoms. The second kappa shape index (κ2) is 59.8. The van der Waals surface area contributed by atoms with Gasteiger partial charge < -0.3 is 27.9 Å². The van der Waals surface area contributed by atoms with Gasteiger partial charge in [0.1, 0.15) is 19.8 Å². The number of unbranched alkanes of at least 4 members (excludes halogenated alkanes) is 21. The molecule has 456 valence electrons. The summed E-state index contributed by atoms with van der Waals surface area (Å²) < 4.78 is 34.2. The van der Waals surface area contributed by atoms with Crippen molar-refractivity contribution < 1.29 is 42.1 Å². The van der Waals surface area contributed by atoms with Gasteiger partial charge in [0.25, 0.3) is 7.82 Å². The zero-order chi connectivity index (χ0) is 58.4. The molecule has 0 radical (unpaired) electrons. The minimum atomic E-state index is -4.65. The molecular weight excluding hydrogens is 1010 g/mol. The number of hydrogen-bond acceptors (Lipinski definition) is 8. The summed E-state index contributed by atoms with van der Waals surface area (Å²) in [6.07, 6.45) is 86.5. The van der Waals surface area contributed by atoms with Gasteiger partial charge in [0.05, 0.1) is 27.7 Å². The standard InChI is InChI=1S/C70H118NO8P/c1-6-8-10-12-14-16-18-20-22-24-26-27-28-29-30-31-32-33-34-35-36-37-38-39-40-41-42-43-45-47-49-51-53-55-57-59-61-63-70(73)79-68(67-78-80(74,75)77-65-64-71(3,4)5)66-76-69(72)62-60-58-56-54-52-50-48-46-44-25-23-21-19-17-15-13-11-9-7-2/h8,10,14-17,20-23,26-27,29-30,32-33,35-36,38-39,41-42,68H,6-7,9,11-13,18-19,24-25,28,31,34,37,40,43-67H2,1-5H3/b10-8-,16-14-,17-15-,22-20-,23-21-,27-26-,30-29-,33-32-,36-35-,39-38-,42-41-. The Labute approximate surface area is 491 Å². The molecule has 2 unspecified atom stereocenters. The number of allylic oxidation sites excluding steroid dienone is 22. The number of phosphoric ester groups is 1. The molecule has 0 N–H and O–H groups in total. The molecule has 0 aliphatic heterocycles. The number of esters is 2.